The van der Waals surface area contributed by atoms with Crippen LogP contribution in [0.4, 0.5) is 0 Å². The minimum atomic E-state index is -0.342. The highest BCUT2D eigenvalue weighted by Crippen LogP contribution is 2.38. The molecule has 1 aromatic rings. The first-order valence-corrected chi connectivity index (χ1v) is 7.38. The Morgan fingerprint density at radius 3 is 2.33 bits per heavy atom. The highest BCUT2D eigenvalue weighted by Gasteiger charge is 2.52. The molecule has 5 heteroatoms. The fourth-order valence-corrected chi connectivity index (χ4v) is 2.16. The van der Waals surface area contributed by atoms with Crippen LogP contribution in [0.5, 0.6) is 0 Å². The zero-order valence-corrected chi connectivity index (χ0v) is 13.9. The molecule has 2 rings (SSSR count). The number of hydrogen-bond acceptors (Lipinski definition) is 4. The van der Waals surface area contributed by atoms with Crippen molar-refractivity contribution in [2.24, 2.45) is 0 Å². The molecular formula is C16H25BN2O2. The second-order valence-electron chi connectivity index (χ2n) is 6.60. The maximum absolute atomic E-state index is 6.12. The summed E-state index contributed by atoms with van der Waals surface area (Å²) < 4.78 is 12.2. The number of nitrogens with zero attached hydrogens (tertiary/aromatic N) is 1. The molecule has 0 radical (unpaired) electrons. The van der Waals surface area contributed by atoms with Crippen LogP contribution in [0.25, 0.3) is 6.08 Å². The third-order valence-electron chi connectivity index (χ3n) is 4.20. The molecular weight excluding hydrogens is 263 g/mol. The highest BCUT2D eigenvalue weighted by atomic mass is 16.7. The third-order valence-corrected chi connectivity index (χ3v) is 4.20. The standard InChI is InChI=1S/C16H25BN2O2/c1-12-7-8-14(19-10-12)9-13(11-18-6)17-20-15(2,3)16(4,5)21-17/h7-10,18H,11H2,1-6H3. The Labute approximate surface area is 128 Å². The van der Waals surface area contributed by atoms with Crippen molar-refractivity contribution in [2.45, 2.75) is 45.8 Å². The van der Waals surface area contributed by atoms with Gasteiger partial charge in [0, 0.05) is 12.7 Å². The van der Waals surface area contributed by atoms with Gasteiger partial charge in [-0.25, -0.2) is 0 Å². The predicted molar refractivity (Wildman–Crippen MR) is 87.0 cm³/mol. The molecule has 0 aliphatic carbocycles. The third kappa shape index (κ3) is 3.54. The summed E-state index contributed by atoms with van der Waals surface area (Å²) in [4.78, 5) is 4.43. The molecule has 0 aromatic carbocycles. The molecule has 4 nitrogen and oxygen atoms in total. The Bertz CT molecular complexity index is 508. The van der Waals surface area contributed by atoms with Gasteiger partial charge in [0.1, 0.15) is 0 Å². The summed E-state index contributed by atoms with van der Waals surface area (Å²) in [5.74, 6) is 0. The molecule has 0 saturated carbocycles. The molecule has 1 N–H and O–H groups in total. The van der Waals surface area contributed by atoms with E-state index in [4.69, 9.17) is 9.31 Å². The van der Waals surface area contributed by atoms with Crippen LogP contribution < -0.4 is 5.32 Å². The van der Waals surface area contributed by atoms with Crippen molar-refractivity contribution in [3.05, 3.63) is 35.1 Å². The Balaban J connectivity index is 2.26. The molecule has 0 spiro atoms. The molecule has 1 aromatic heterocycles. The minimum Gasteiger partial charge on any atom is -0.400 e. The highest BCUT2D eigenvalue weighted by molar-refractivity contribution is 6.55. The average Bonchev–Trinajstić information content (AvgIpc) is 2.60. The van der Waals surface area contributed by atoms with Crippen molar-refractivity contribution in [1.29, 1.82) is 0 Å². The predicted octanol–water partition coefficient (Wildman–Crippen LogP) is 2.62. The van der Waals surface area contributed by atoms with Gasteiger partial charge in [-0.1, -0.05) is 6.07 Å². The number of pyridine rings is 1. The van der Waals surface area contributed by atoms with Gasteiger partial charge in [-0.15, -0.1) is 0 Å². The van der Waals surface area contributed by atoms with E-state index in [1.165, 1.54) is 0 Å². The Morgan fingerprint density at radius 1 is 1.24 bits per heavy atom. The summed E-state index contributed by atoms with van der Waals surface area (Å²) in [5.41, 5.74) is 2.46. The van der Waals surface area contributed by atoms with Crippen LogP contribution in [0, 0.1) is 6.92 Å². The molecule has 0 bridgehead atoms. The summed E-state index contributed by atoms with van der Waals surface area (Å²) >= 11 is 0. The Hall–Kier alpha value is -1.17. The molecule has 21 heavy (non-hydrogen) atoms. The zero-order chi connectivity index (χ0) is 15.7. The summed E-state index contributed by atoms with van der Waals surface area (Å²) in [6.45, 7) is 11.0. The molecule has 2 heterocycles. The summed E-state index contributed by atoms with van der Waals surface area (Å²) in [7, 11) is 1.58. The van der Waals surface area contributed by atoms with Crippen LogP contribution in [0.15, 0.2) is 23.8 Å². The van der Waals surface area contributed by atoms with E-state index in [9.17, 15) is 0 Å². The van der Waals surface area contributed by atoms with E-state index in [1.807, 2.05) is 32.3 Å². The second kappa shape index (κ2) is 5.91. The SMILES string of the molecule is CNCC(=Cc1ccc(C)cn1)B1OC(C)(C)C(C)(C)O1. The van der Waals surface area contributed by atoms with Gasteiger partial charge >= 0.3 is 7.12 Å². The van der Waals surface area contributed by atoms with E-state index in [0.717, 1.165) is 16.7 Å². The van der Waals surface area contributed by atoms with Crippen molar-refractivity contribution < 1.29 is 9.31 Å². The van der Waals surface area contributed by atoms with Gasteiger partial charge in [-0.2, -0.15) is 0 Å². The van der Waals surface area contributed by atoms with Gasteiger partial charge in [0.25, 0.3) is 0 Å². The van der Waals surface area contributed by atoms with Gasteiger partial charge in [0.15, 0.2) is 0 Å². The minimum absolute atomic E-state index is 0.328. The van der Waals surface area contributed by atoms with Gasteiger partial charge in [0.2, 0.25) is 0 Å². The number of aromatic nitrogens is 1. The Kier molecular flexibility index (Phi) is 4.56. The number of hydrogen-bond donors (Lipinski definition) is 1. The van der Waals surface area contributed by atoms with Gasteiger partial charge in [-0.05, 0) is 64.8 Å². The van der Waals surface area contributed by atoms with Crippen LogP contribution in [0.2, 0.25) is 0 Å². The zero-order valence-electron chi connectivity index (χ0n) is 13.9. The number of rotatable bonds is 4. The first kappa shape index (κ1) is 16.2. The maximum Gasteiger partial charge on any atom is 0.491 e. The van der Waals surface area contributed by atoms with Gasteiger partial charge < -0.3 is 14.6 Å². The average molecular weight is 288 g/mol. The van der Waals surface area contributed by atoms with E-state index in [2.05, 4.69) is 44.1 Å². The fourth-order valence-electron chi connectivity index (χ4n) is 2.16. The lowest BCUT2D eigenvalue weighted by atomic mass is 9.77. The van der Waals surface area contributed by atoms with Gasteiger partial charge in [-0.3, -0.25) is 4.98 Å². The van der Waals surface area contributed by atoms with Crippen molar-refractivity contribution >= 4 is 13.2 Å². The molecule has 1 fully saturated rings. The van der Waals surface area contributed by atoms with Gasteiger partial charge in [0.05, 0.1) is 16.9 Å². The van der Waals surface area contributed by atoms with Crippen LogP contribution in [0.1, 0.15) is 39.0 Å². The van der Waals surface area contributed by atoms with Crippen molar-refractivity contribution in [2.75, 3.05) is 13.6 Å². The summed E-state index contributed by atoms with van der Waals surface area (Å²) in [6, 6.07) is 4.07. The Morgan fingerprint density at radius 2 is 1.86 bits per heavy atom. The number of nitrogens with one attached hydrogen (secondary N) is 1. The quantitative estimate of drug-likeness (QED) is 0.865. The number of likely N-dealkylation sites (N-methyl/N-ethyl adjacent to an activating group) is 1. The molecule has 0 amide bonds. The van der Waals surface area contributed by atoms with E-state index in [1.54, 1.807) is 0 Å². The largest absolute Gasteiger partial charge is 0.491 e. The lowest BCUT2D eigenvalue weighted by Gasteiger charge is -2.32. The van der Waals surface area contributed by atoms with Crippen molar-refractivity contribution in [3.63, 3.8) is 0 Å². The lowest BCUT2D eigenvalue weighted by Crippen LogP contribution is -2.41. The smallest absolute Gasteiger partial charge is 0.400 e. The van der Waals surface area contributed by atoms with Crippen molar-refractivity contribution in [1.82, 2.24) is 10.3 Å². The molecule has 1 aliphatic heterocycles. The summed E-state index contributed by atoms with van der Waals surface area (Å²) in [6.07, 6.45) is 3.91. The summed E-state index contributed by atoms with van der Waals surface area (Å²) in [5, 5.41) is 3.17. The van der Waals surface area contributed by atoms with E-state index < -0.39 is 0 Å². The first-order valence-electron chi connectivity index (χ1n) is 7.38. The first-order chi connectivity index (χ1) is 9.75. The van der Waals surface area contributed by atoms with Crippen LogP contribution in [-0.4, -0.2) is 36.9 Å². The lowest BCUT2D eigenvalue weighted by molar-refractivity contribution is 0.00578. The van der Waals surface area contributed by atoms with Crippen LogP contribution in [0.3, 0.4) is 0 Å². The molecule has 1 saturated heterocycles. The molecule has 0 atom stereocenters. The van der Waals surface area contributed by atoms with Crippen LogP contribution >= 0.6 is 0 Å². The van der Waals surface area contributed by atoms with E-state index >= 15 is 0 Å². The van der Waals surface area contributed by atoms with Crippen molar-refractivity contribution in [3.8, 4) is 0 Å². The number of aryl methyl sites for hydroxylation is 1. The molecule has 1 aliphatic rings. The fraction of sp³-hybridized carbons (Fsp3) is 0.562. The normalized spacial score (nSPS) is 20.9. The van der Waals surface area contributed by atoms with E-state index in [-0.39, 0.29) is 18.3 Å². The maximum atomic E-state index is 6.12. The second-order valence-corrected chi connectivity index (χ2v) is 6.60. The molecule has 0 unspecified atom stereocenters. The van der Waals surface area contributed by atoms with E-state index in [0.29, 0.717) is 6.54 Å². The molecule has 114 valence electrons. The van der Waals surface area contributed by atoms with Crippen LogP contribution in [-0.2, 0) is 9.31 Å². The topological polar surface area (TPSA) is 43.4 Å². The monoisotopic (exact) mass is 288 g/mol.